The third-order valence-electron chi connectivity index (χ3n) is 12.3. The van der Waals surface area contributed by atoms with Crippen molar-refractivity contribution in [1.29, 1.82) is 0 Å². The highest BCUT2D eigenvalue weighted by molar-refractivity contribution is 6.02. The summed E-state index contributed by atoms with van der Waals surface area (Å²) in [6.07, 6.45) is 1.92. The number of fused-ring (bicyclic) bond motifs is 7. The van der Waals surface area contributed by atoms with Crippen LogP contribution in [0.25, 0.3) is 106 Å². The van der Waals surface area contributed by atoms with Crippen molar-refractivity contribution in [2.24, 2.45) is 0 Å². The molecular formula is C57H38N4. The van der Waals surface area contributed by atoms with Crippen molar-refractivity contribution < 1.29 is 0 Å². The number of hydrogen-bond donors (Lipinski definition) is 0. The minimum atomic E-state index is 0.653. The summed E-state index contributed by atoms with van der Waals surface area (Å²) >= 11 is 0. The fourth-order valence-corrected chi connectivity index (χ4v) is 9.37. The number of aromatic nitrogens is 4. The molecule has 9 aromatic carbocycles. The number of para-hydroxylation sites is 1. The Kier molecular flexibility index (Phi) is 8.27. The van der Waals surface area contributed by atoms with Gasteiger partial charge in [0.2, 0.25) is 0 Å². The van der Waals surface area contributed by atoms with Crippen LogP contribution in [0.1, 0.15) is 11.3 Å². The molecule has 0 amide bonds. The molecule has 0 saturated heterocycles. The van der Waals surface area contributed by atoms with Crippen LogP contribution in [0.5, 0.6) is 0 Å². The fraction of sp³-hybridized carbons (Fsp3) is 0.0351. The molecule has 0 radical (unpaired) electrons. The van der Waals surface area contributed by atoms with Crippen LogP contribution in [0.4, 0.5) is 0 Å². The van der Waals surface area contributed by atoms with E-state index in [0.29, 0.717) is 17.5 Å². The maximum Gasteiger partial charge on any atom is 0.164 e. The average molecular weight is 779 g/mol. The maximum atomic E-state index is 4.98. The van der Waals surface area contributed by atoms with Gasteiger partial charge in [0.1, 0.15) is 0 Å². The summed E-state index contributed by atoms with van der Waals surface area (Å²) in [7, 11) is 0. The largest absolute Gasteiger partial charge is 0.313 e. The molecule has 0 aliphatic heterocycles. The lowest BCUT2D eigenvalue weighted by Gasteiger charge is -2.21. The maximum absolute atomic E-state index is 4.98. The molecule has 4 heteroatoms. The molecule has 1 aliphatic rings. The molecule has 2 aromatic heterocycles. The van der Waals surface area contributed by atoms with Gasteiger partial charge in [-0.05, 0) is 110 Å². The van der Waals surface area contributed by atoms with E-state index in [0.717, 1.165) is 35.2 Å². The van der Waals surface area contributed by atoms with Crippen molar-refractivity contribution >= 4 is 32.4 Å². The molecule has 0 atom stereocenters. The van der Waals surface area contributed by atoms with Gasteiger partial charge in [-0.2, -0.15) is 0 Å². The molecule has 2 heterocycles. The van der Waals surface area contributed by atoms with E-state index >= 15 is 0 Å². The third kappa shape index (κ3) is 6.11. The Morgan fingerprint density at radius 1 is 0.344 bits per heavy atom. The van der Waals surface area contributed by atoms with Crippen molar-refractivity contribution in [3.8, 4) is 73.2 Å². The van der Waals surface area contributed by atoms with E-state index < -0.39 is 0 Å². The van der Waals surface area contributed by atoms with Crippen LogP contribution in [-0.4, -0.2) is 19.5 Å². The zero-order valence-corrected chi connectivity index (χ0v) is 33.3. The molecule has 286 valence electrons. The molecule has 0 N–H and O–H groups in total. The summed E-state index contributed by atoms with van der Waals surface area (Å²) in [6, 6.07) is 73.9. The third-order valence-corrected chi connectivity index (χ3v) is 12.3. The second-order valence-electron chi connectivity index (χ2n) is 15.9. The Morgan fingerprint density at radius 3 is 1.61 bits per heavy atom. The quantitative estimate of drug-likeness (QED) is 0.169. The normalized spacial score (nSPS) is 12.1. The van der Waals surface area contributed by atoms with Gasteiger partial charge in [0.25, 0.3) is 0 Å². The molecule has 0 bridgehead atoms. The van der Waals surface area contributed by atoms with Gasteiger partial charge in [-0.15, -0.1) is 0 Å². The standard InChI is InChI=1S/C57H38N4/c1-3-13-38(14-4-1)55-58-56(39-15-5-2-6-16-39)60-57(59-55)40-26-30-47(31-27-40)61-52-21-10-9-19-51(52)54-50-32-28-44(36-46(50)29-33-53(54)61)41-22-23-43-35-45(25-24-42(43)34-41)49-20-11-17-37-12-7-8-18-48(37)49/h1-28,30-32,34-36H,29,33H2. The average Bonchev–Trinajstić information content (AvgIpc) is 3.68. The van der Waals surface area contributed by atoms with Crippen LogP contribution in [0.3, 0.4) is 0 Å². The first kappa shape index (κ1) is 35.0. The number of hydrogen-bond acceptors (Lipinski definition) is 3. The number of nitrogens with zero attached hydrogens (tertiary/aromatic N) is 4. The summed E-state index contributed by atoms with van der Waals surface area (Å²) in [6.45, 7) is 0. The van der Waals surface area contributed by atoms with E-state index in [4.69, 9.17) is 15.0 Å². The Morgan fingerprint density at radius 2 is 0.885 bits per heavy atom. The Bertz CT molecular complexity index is 3400. The van der Waals surface area contributed by atoms with Crippen LogP contribution in [0, 0.1) is 0 Å². The molecule has 0 fully saturated rings. The van der Waals surface area contributed by atoms with Gasteiger partial charge >= 0.3 is 0 Å². The lowest BCUT2D eigenvalue weighted by molar-refractivity contribution is 0.866. The van der Waals surface area contributed by atoms with Crippen molar-refractivity contribution in [3.63, 3.8) is 0 Å². The zero-order chi connectivity index (χ0) is 40.3. The van der Waals surface area contributed by atoms with Crippen LogP contribution in [0.2, 0.25) is 0 Å². The zero-order valence-electron chi connectivity index (χ0n) is 33.3. The van der Waals surface area contributed by atoms with E-state index in [9.17, 15) is 0 Å². The minimum Gasteiger partial charge on any atom is -0.313 e. The molecule has 1 aliphatic carbocycles. The van der Waals surface area contributed by atoms with Gasteiger partial charge in [0.05, 0.1) is 5.52 Å². The molecule has 12 rings (SSSR count). The summed E-state index contributed by atoms with van der Waals surface area (Å²) in [5, 5.41) is 6.33. The second kappa shape index (κ2) is 14.4. The first-order valence-electron chi connectivity index (χ1n) is 21.0. The molecule has 0 saturated carbocycles. The molecule has 4 nitrogen and oxygen atoms in total. The Hall–Kier alpha value is -7.95. The van der Waals surface area contributed by atoms with E-state index in [2.05, 4.69) is 150 Å². The van der Waals surface area contributed by atoms with Crippen LogP contribution < -0.4 is 0 Å². The van der Waals surface area contributed by atoms with Crippen LogP contribution >= 0.6 is 0 Å². The predicted octanol–water partition coefficient (Wildman–Crippen LogP) is 14.2. The summed E-state index contributed by atoms with van der Waals surface area (Å²) in [4.78, 5) is 14.8. The summed E-state index contributed by atoms with van der Waals surface area (Å²) in [5.74, 6) is 1.97. The summed E-state index contributed by atoms with van der Waals surface area (Å²) < 4.78 is 2.46. The lowest BCUT2D eigenvalue weighted by Crippen LogP contribution is -2.08. The van der Waals surface area contributed by atoms with E-state index in [1.165, 1.54) is 77.1 Å². The van der Waals surface area contributed by atoms with Gasteiger partial charge in [0.15, 0.2) is 17.5 Å². The molecule has 0 spiro atoms. The Labute approximate surface area is 354 Å². The first-order chi connectivity index (χ1) is 30.2. The van der Waals surface area contributed by atoms with Crippen molar-refractivity contribution in [1.82, 2.24) is 19.5 Å². The highest BCUT2D eigenvalue weighted by Crippen LogP contribution is 2.44. The molecule has 11 aromatic rings. The highest BCUT2D eigenvalue weighted by Gasteiger charge is 2.25. The SMILES string of the molecule is c1ccc(-c2nc(-c3ccccc3)nc(-c3ccc(-n4c5c(c6ccccc64)-c4ccc(-c6ccc7cc(-c8cccc9ccccc89)ccc7c6)cc4CC5)cc3)n2)cc1. The number of aryl methyl sites for hydroxylation is 1. The number of benzene rings is 9. The predicted molar refractivity (Wildman–Crippen MR) is 252 cm³/mol. The Balaban J connectivity index is 0.887. The van der Waals surface area contributed by atoms with Crippen LogP contribution in [-0.2, 0) is 12.8 Å². The van der Waals surface area contributed by atoms with Crippen molar-refractivity contribution in [2.75, 3.05) is 0 Å². The lowest BCUT2D eigenvalue weighted by atomic mass is 9.86. The van der Waals surface area contributed by atoms with Crippen molar-refractivity contribution in [3.05, 3.63) is 218 Å². The monoisotopic (exact) mass is 778 g/mol. The molecule has 0 unspecified atom stereocenters. The van der Waals surface area contributed by atoms with Crippen LogP contribution in [0.15, 0.2) is 206 Å². The van der Waals surface area contributed by atoms with E-state index in [1.54, 1.807) is 0 Å². The van der Waals surface area contributed by atoms with Gasteiger partial charge < -0.3 is 4.57 Å². The van der Waals surface area contributed by atoms with E-state index in [-0.39, 0.29) is 0 Å². The van der Waals surface area contributed by atoms with Crippen molar-refractivity contribution in [2.45, 2.75) is 12.8 Å². The van der Waals surface area contributed by atoms with Gasteiger partial charge in [-0.3, -0.25) is 0 Å². The highest BCUT2D eigenvalue weighted by atomic mass is 15.0. The van der Waals surface area contributed by atoms with Gasteiger partial charge in [-0.25, -0.2) is 15.0 Å². The van der Waals surface area contributed by atoms with Gasteiger partial charge in [0, 0.05) is 39.0 Å². The number of rotatable bonds is 6. The topological polar surface area (TPSA) is 43.6 Å². The summed E-state index contributed by atoms with van der Waals surface area (Å²) in [5.41, 5.74) is 15.6. The first-order valence-corrected chi connectivity index (χ1v) is 21.0. The van der Waals surface area contributed by atoms with Gasteiger partial charge in [-0.1, -0.05) is 164 Å². The smallest absolute Gasteiger partial charge is 0.164 e. The second-order valence-corrected chi connectivity index (χ2v) is 15.9. The minimum absolute atomic E-state index is 0.653. The fourth-order valence-electron chi connectivity index (χ4n) is 9.37. The molecule has 61 heavy (non-hydrogen) atoms. The van der Waals surface area contributed by atoms with E-state index in [1.807, 2.05) is 60.7 Å². The molecular weight excluding hydrogens is 741 g/mol.